The molecule has 0 spiro atoms. The van der Waals surface area contributed by atoms with Gasteiger partial charge in [0, 0.05) is 25.8 Å². The lowest BCUT2D eigenvalue weighted by Crippen LogP contribution is -2.47. The fraction of sp³-hybridized carbons (Fsp3) is 0.350. The molecule has 2 aromatic rings. The summed E-state index contributed by atoms with van der Waals surface area (Å²) in [5.74, 6) is -0.168. The summed E-state index contributed by atoms with van der Waals surface area (Å²) in [6.07, 6.45) is 0.744. The largest absolute Gasteiger partial charge is 0.375 e. The van der Waals surface area contributed by atoms with E-state index in [9.17, 15) is 9.18 Å². The van der Waals surface area contributed by atoms with E-state index in [1.165, 1.54) is 12.1 Å². The van der Waals surface area contributed by atoms with Crippen molar-refractivity contribution in [2.75, 3.05) is 38.2 Å². The van der Waals surface area contributed by atoms with Crippen LogP contribution < -0.4 is 4.90 Å². The molecule has 0 N–H and O–H groups in total. The predicted molar refractivity (Wildman–Crippen MR) is 96.1 cm³/mol. The van der Waals surface area contributed by atoms with Crippen LogP contribution in [0.2, 0.25) is 0 Å². The Morgan fingerprint density at radius 2 is 1.92 bits per heavy atom. The van der Waals surface area contributed by atoms with E-state index in [0.29, 0.717) is 19.7 Å². The minimum Gasteiger partial charge on any atom is -0.375 e. The first kappa shape index (κ1) is 17.6. The van der Waals surface area contributed by atoms with Gasteiger partial charge >= 0.3 is 0 Å². The van der Waals surface area contributed by atoms with Crippen molar-refractivity contribution >= 4 is 11.6 Å². The van der Waals surface area contributed by atoms with Crippen molar-refractivity contribution in [1.82, 2.24) is 4.90 Å². The molecule has 1 aliphatic rings. The highest BCUT2D eigenvalue weighted by molar-refractivity contribution is 5.94. The first-order chi connectivity index (χ1) is 12.1. The van der Waals surface area contributed by atoms with Gasteiger partial charge in [-0.3, -0.25) is 9.69 Å². The lowest BCUT2D eigenvalue weighted by molar-refractivity contribution is -0.121. The van der Waals surface area contributed by atoms with Gasteiger partial charge in [-0.05, 0) is 36.2 Å². The molecule has 1 amide bonds. The lowest BCUT2D eigenvalue weighted by Gasteiger charge is -2.33. The van der Waals surface area contributed by atoms with Crippen molar-refractivity contribution in [2.45, 2.75) is 12.5 Å². The first-order valence-corrected chi connectivity index (χ1v) is 8.52. The molecular weight excluding hydrogens is 319 g/mol. The Bertz CT molecular complexity index is 691. The third kappa shape index (κ3) is 4.87. The average molecular weight is 342 g/mol. The van der Waals surface area contributed by atoms with E-state index in [4.69, 9.17) is 4.74 Å². The Balaban J connectivity index is 1.54. The van der Waals surface area contributed by atoms with Crippen molar-refractivity contribution < 1.29 is 13.9 Å². The summed E-state index contributed by atoms with van der Waals surface area (Å²) in [5.41, 5.74) is 1.93. The van der Waals surface area contributed by atoms with Gasteiger partial charge in [-0.25, -0.2) is 4.39 Å². The fourth-order valence-electron chi connectivity index (χ4n) is 3.02. The van der Waals surface area contributed by atoms with Gasteiger partial charge in [0.25, 0.3) is 0 Å². The molecule has 1 heterocycles. The molecule has 0 saturated carbocycles. The maximum absolute atomic E-state index is 13.0. The number of hydrogen-bond donors (Lipinski definition) is 0. The van der Waals surface area contributed by atoms with Crippen LogP contribution in [-0.2, 0) is 16.0 Å². The summed E-state index contributed by atoms with van der Waals surface area (Å²) in [4.78, 5) is 16.3. The summed E-state index contributed by atoms with van der Waals surface area (Å²) < 4.78 is 18.8. The standard InChI is InChI=1S/C20H23FN2O2/c1-22(18-5-3-2-4-6-18)20(24)15-23-11-12-25-19(14-23)13-16-7-9-17(21)10-8-16/h2-10,19H,11-15H2,1H3. The fourth-order valence-corrected chi connectivity index (χ4v) is 3.02. The van der Waals surface area contributed by atoms with E-state index in [1.54, 1.807) is 24.1 Å². The highest BCUT2D eigenvalue weighted by Gasteiger charge is 2.23. The number of morpholine rings is 1. The number of para-hydroxylation sites is 1. The third-order valence-electron chi connectivity index (χ3n) is 4.48. The number of amides is 1. The van der Waals surface area contributed by atoms with Gasteiger partial charge in [-0.1, -0.05) is 30.3 Å². The molecule has 1 saturated heterocycles. The zero-order valence-electron chi connectivity index (χ0n) is 14.4. The molecule has 1 atom stereocenters. The molecule has 0 aromatic heterocycles. The molecule has 25 heavy (non-hydrogen) atoms. The molecule has 3 rings (SSSR count). The highest BCUT2D eigenvalue weighted by atomic mass is 19.1. The molecule has 1 fully saturated rings. The van der Waals surface area contributed by atoms with Crippen LogP contribution >= 0.6 is 0 Å². The monoisotopic (exact) mass is 342 g/mol. The zero-order valence-corrected chi connectivity index (χ0v) is 14.4. The summed E-state index contributed by atoms with van der Waals surface area (Å²) in [5, 5.41) is 0. The van der Waals surface area contributed by atoms with Crippen molar-refractivity contribution in [3.63, 3.8) is 0 Å². The number of carbonyl (C=O) groups excluding carboxylic acids is 1. The Morgan fingerprint density at radius 1 is 1.20 bits per heavy atom. The number of rotatable bonds is 5. The van der Waals surface area contributed by atoms with Crippen LogP contribution in [0.25, 0.3) is 0 Å². The predicted octanol–water partition coefficient (Wildman–Crippen LogP) is 2.73. The van der Waals surface area contributed by atoms with Crippen LogP contribution in [0.4, 0.5) is 10.1 Å². The van der Waals surface area contributed by atoms with Crippen LogP contribution in [0.1, 0.15) is 5.56 Å². The number of halogens is 1. The molecule has 4 nitrogen and oxygen atoms in total. The topological polar surface area (TPSA) is 32.8 Å². The van der Waals surface area contributed by atoms with Crippen molar-refractivity contribution in [3.05, 3.63) is 66.0 Å². The molecule has 2 aromatic carbocycles. The number of hydrogen-bond acceptors (Lipinski definition) is 3. The Hall–Kier alpha value is -2.24. The maximum atomic E-state index is 13.0. The van der Waals surface area contributed by atoms with Gasteiger partial charge in [0.1, 0.15) is 5.82 Å². The van der Waals surface area contributed by atoms with Crippen LogP contribution in [0.3, 0.4) is 0 Å². The van der Waals surface area contributed by atoms with Crippen LogP contribution in [0.15, 0.2) is 54.6 Å². The summed E-state index contributed by atoms with van der Waals surface area (Å²) >= 11 is 0. The van der Waals surface area contributed by atoms with E-state index < -0.39 is 0 Å². The number of ether oxygens (including phenoxy) is 1. The minimum atomic E-state index is -0.232. The van der Waals surface area contributed by atoms with Crippen LogP contribution in [0, 0.1) is 5.82 Å². The van der Waals surface area contributed by atoms with E-state index in [2.05, 4.69) is 4.90 Å². The number of carbonyl (C=O) groups is 1. The minimum absolute atomic E-state index is 0.0223. The van der Waals surface area contributed by atoms with Gasteiger partial charge in [-0.15, -0.1) is 0 Å². The maximum Gasteiger partial charge on any atom is 0.240 e. The number of likely N-dealkylation sites (N-methyl/N-ethyl adjacent to an activating group) is 1. The Morgan fingerprint density at radius 3 is 2.64 bits per heavy atom. The van der Waals surface area contributed by atoms with Crippen molar-refractivity contribution in [3.8, 4) is 0 Å². The Kier molecular flexibility index (Phi) is 5.79. The zero-order chi connectivity index (χ0) is 17.6. The molecule has 1 unspecified atom stereocenters. The normalized spacial score (nSPS) is 18.1. The van der Waals surface area contributed by atoms with Gasteiger partial charge in [0.05, 0.1) is 19.3 Å². The number of anilines is 1. The second-order valence-corrected chi connectivity index (χ2v) is 6.35. The molecule has 132 valence electrons. The van der Waals surface area contributed by atoms with Gasteiger partial charge in [0.2, 0.25) is 5.91 Å². The van der Waals surface area contributed by atoms with Gasteiger partial charge in [-0.2, -0.15) is 0 Å². The molecule has 0 aliphatic carbocycles. The van der Waals surface area contributed by atoms with E-state index in [1.807, 2.05) is 30.3 Å². The average Bonchev–Trinajstić information content (AvgIpc) is 2.64. The van der Waals surface area contributed by atoms with E-state index in [0.717, 1.165) is 24.2 Å². The molecule has 5 heteroatoms. The summed E-state index contributed by atoms with van der Waals surface area (Å²) in [7, 11) is 1.80. The molecule has 0 radical (unpaired) electrons. The first-order valence-electron chi connectivity index (χ1n) is 8.52. The van der Waals surface area contributed by atoms with Gasteiger partial charge < -0.3 is 9.64 Å². The molecule has 1 aliphatic heterocycles. The van der Waals surface area contributed by atoms with Crippen LogP contribution in [0.5, 0.6) is 0 Å². The van der Waals surface area contributed by atoms with Crippen molar-refractivity contribution in [1.29, 1.82) is 0 Å². The van der Waals surface area contributed by atoms with Gasteiger partial charge in [0.15, 0.2) is 0 Å². The second kappa shape index (κ2) is 8.23. The molecule has 0 bridgehead atoms. The second-order valence-electron chi connectivity index (χ2n) is 6.35. The van der Waals surface area contributed by atoms with E-state index in [-0.39, 0.29) is 17.8 Å². The third-order valence-corrected chi connectivity index (χ3v) is 4.48. The highest BCUT2D eigenvalue weighted by Crippen LogP contribution is 2.15. The number of benzene rings is 2. The molecular formula is C20H23FN2O2. The summed E-state index contributed by atoms with van der Waals surface area (Å²) in [6.45, 7) is 2.42. The smallest absolute Gasteiger partial charge is 0.240 e. The lowest BCUT2D eigenvalue weighted by atomic mass is 10.1. The SMILES string of the molecule is CN(C(=O)CN1CCOC(Cc2ccc(F)cc2)C1)c1ccccc1. The van der Waals surface area contributed by atoms with Crippen LogP contribution in [-0.4, -0.2) is 50.2 Å². The van der Waals surface area contributed by atoms with E-state index >= 15 is 0 Å². The quantitative estimate of drug-likeness (QED) is 0.838. The Labute approximate surface area is 147 Å². The van der Waals surface area contributed by atoms with Crippen molar-refractivity contribution in [2.24, 2.45) is 0 Å². The number of nitrogens with zero attached hydrogens (tertiary/aromatic N) is 2. The summed E-state index contributed by atoms with van der Waals surface area (Å²) in [6, 6.07) is 16.1.